The lowest BCUT2D eigenvalue weighted by atomic mass is 10.3. The van der Waals surface area contributed by atoms with E-state index < -0.39 is 5.97 Å². The molecular formula is C12H10N4O2. The van der Waals surface area contributed by atoms with Gasteiger partial charge in [-0.25, -0.2) is 9.48 Å². The lowest BCUT2D eigenvalue weighted by Crippen LogP contribution is -2.12. The van der Waals surface area contributed by atoms with Gasteiger partial charge in [-0.3, -0.25) is 0 Å². The van der Waals surface area contributed by atoms with Gasteiger partial charge in [-0.05, 0) is 12.1 Å². The van der Waals surface area contributed by atoms with Crippen LogP contribution < -0.4 is 5.73 Å². The third kappa shape index (κ3) is 1.78. The summed E-state index contributed by atoms with van der Waals surface area (Å²) in [5.74, 6) is -0.634. The molecule has 6 nitrogen and oxygen atoms in total. The fourth-order valence-electron chi connectivity index (χ4n) is 1.56. The Bertz CT molecular complexity index is 626. The van der Waals surface area contributed by atoms with E-state index in [9.17, 15) is 4.79 Å². The molecule has 0 bridgehead atoms. The average molecular weight is 242 g/mol. The van der Waals surface area contributed by atoms with E-state index in [-0.39, 0.29) is 17.1 Å². The first-order valence-corrected chi connectivity index (χ1v) is 5.11. The van der Waals surface area contributed by atoms with Crippen LogP contribution in [0.5, 0.6) is 0 Å². The number of carbonyl (C=O) groups excluding carboxylic acids is 1. The molecule has 0 aliphatic rings. The quantitative estimate of drug-likeness (QED) is 0.796. The number of nitriles is 1. The van der Waals surface area contributed by atoms with E-state index >= 15 is 0 Å². The Morgan fingerprint density at radius 3 is 2.67 bits per heavy atom. The minimum atomic E-state index is -0.634. The molecule has 2 rings (SSSR count). The summed E-state index contributed by atoms with van der Waals surface area (Å²) in [7, 11) is 1.25. The lowest BCUT2D eigenvalue weighted by molar-refractivity contribution is 0.0591. The van der Waals surface area contributed by atoms with Gasteiger partial charge in [-0.15, -0.1) is 0 Å². The zero-order valence-electron chi connectivity index (χ0n) is 9.62. The van der Waals surface area contributed by atoms with Crippen molar-refractivity contribution >= 4 is 11.7 Å². The van der Waals surface area contributed by atoms with Gasteiger partial charge in [0, 0.05) is 0 Å². The summed E-state index contributed by atoms with van der Waals surface area (Å²) in [5.41, 5.74) is 6.43. The molecule has 90 valence electrons. The van der Waals surface area contributed by atoms with Gasteiger partial charge in [-0.1, -0.05) is 18.2 Å². The number of carbonyl (C=O) groups is 1. The Morgan fingerprint density at radius 1 is 1.44 bits per heavy atom. The number of para-hydroxylation sites is 1. The zero-order chi connectivity index (χ0) is 13.1. The third-order valence-corrected chi connectivity index (χ3v) is 2.41. The number of nitrogen functional groups attached to an aromatic ring is 1. The second kappa shape index (κ2) is 4.59. The van der Waals surface area contributed by atoms with E-state index in [1.165, 1.54) is 11.8 Å². The fourth-order valence-corrected chi connectivity index (χ4v) is 1.56. The highest BCUT2D eigenvalue weighted by Gasteiger charge is 2.23. The summed E-state index contributed by atoms with van der Waals surface area (Å²) in [6, 6.07) is 10.8. The van der Waals surface area contributed by atoms with Crippen LogP contribution in [0.15, 0.2) is 30.3 Å². The smallest absolute Gasteiger partial charge is 0.359 e. The number of anilines is 1. The first kappa shape index (κ1) is 11.7. The summed E-state index contributed by atoms with van der Waals surface area (Å²) in [5, 5.41) is 12.9. The SMILES string of the molecule is COC(=O)c1c(N)c(C#N)nn1-c1ccccc1. The molecule has 0 atom stereocenters. The van der Waals surface area contributed by atoms with Crippen LogP contribution in [0.3, 0.4) is 0 Å². The molecule has 0 aliphatic carbocycles. The van der Waals surface area contributed by atoms with E-state index in [1.807, 2.05) is 12.1 Å². The lowest BCUT2D eigenvalue weighted by Gasteiger charge is -2.05. The van der Waals surface area contributed by atoms with Gasteiger partial charge in [0.1, 0.15) is 11.8 Å². The number of benzene rings is 1. The Hall–Kier alpha value is -2.81. The minimum Gasteiger partial charge on any atom is -0.464 e. The molecule has 0 aliphatic heterocycles. The number of nitrogens with two attached hydrogens (primary N) is 1. The molecule has 2 aromatic rings. The van der Waals surface area contributed by atoms with Crippen LogP contribution in [-0.4, -0.2) is 22.9 Å². The maximum Gasteiger partial charge on any atom is 0.359 e. The van der Waals surface area contributed by atoms with Gasteiger partial charge in [0.2, 0.25) is 0 Å². The predicted octanol–water partition coefficient (Wildman–Crippen LogP) is 1.11. The van der Waals surface area contributed by atoms with Gasteiger partial charge < -0.3 is 10.5 Å². The molecule has 2 N–H and O–H groups in total. The normalized spacial score (nSPS) is 9.78. The Balaban J connectivity index is 2.68. The van der Waals surface area contributed by atoms with Crippen LogP contribution in [0, 0.1) is 11.3 Å². The van der Waals surface area contributed by atoms with Crippen LogP contribution in [-0.2, 0) is 4.74 Å². The van der Waals surface area contributed by atoms with E-state index in [0.717, 1.165) is 0 Å². The van der Waals surface area contributed by atoms with Crippen molar-refractivity contribution in [1.82, 2.24) is 9.78 Å². The molecular weight excluding hydrogens is 232 g/mol. The van der Waals surface area contributed by atoms with Gasteiger partial charge >= 0.3 is 5.97 Å². The number of hydrogen-bond donors (Lipinski definition) is 1. The van der Waals surface area contributed by atoms with E-state index in [4.69, 9.17) is 11.0 Å². The maximum atomic E-state index is 11.7. The van der Waals surface area contributed by atoms with Crippen molar-refractivity contribution in [2.75, 3.05) is 12.8 Å². The van der Waals surface area contributed by atoms with Gasteiger partial charge in [-0.2, -0.15) is 10.4 Å². The van der Waals surface area contributed by atoms with Crippen LogP contribution in [0.1, 0.15) is 16.2 Å². The monoisotopic (exact) mass is 242 g/mol. The molecule has 0 saturated carbocycles. The largest absolute Gasteiger partial charge is 0.464 e. The van der Waals surface area contributed by atoms with Gasteiger partial charge in [0.25, 0.3) is 0 Å². The molecule has 0 spiro atoms. The van der Waals surface area contributed by atoms with E-state index in [0.29, 0.717) is 5.69 Å². The van der Waals surface area contributed by atoms with Gasteiger partial charge in [0.05, 0.1) is 12.8 Å². The summed E-state index contributed by atoms with van der Waals surface area (Å²) >= 11 is 0. The van der Waals surface area contributed by atoms with E-state index in [1.54, 1.807) is 24.3 Å². The van der Waals surface area contributed by atoms with Crippen molar-refractivity contribution in [2.45, 2.75) is 0 Å². The molecule has 0 amide bonds. The predicted molar refractivity (Wildman–Crippen MR) is 64.0 cm³/mol. The van der Waals surface area contributed by atoms with Gasteiger partial charge in [0.15, 0.2) is 11.4 Å². The second-order valence-electron chi connectivity index (χ2n) is 3.46. The molecule has 18 heavy (non-hydrogen) atoms. The third-order valence-electron chi connectivity index (χ3n) is 2.41. The highest BCUT2D eigenvalue weighted by Crippen LogP contribution is 2.21. The minimum absolute atomic E-state index is 0.000692. The molecule has 0 unspecified atom stereocenters. The van der Waals surface area contributed by atoms with Crippen LogP contribution in [0.2, 0.25) is 0 Å². The zero-order valence-corrected chi connectivity index (χ0v) is 9.62. The Kier molecular flexibility index (Phi) is 2.98. The van der Waals surface area contributed by atoms with Crippen LogP contribution in [0.25, 0.3) is 5.69 Å². The van der Waals surface area contributed by atoms with E-state index in [2.05, 4.69) is 9.84 Å². The highest BCUT2D eigenvalue weighted by atomic mass is 16.5. The van der Waals surface area contributed by atoms with Crippen molar-refractivity contribution in [3.63, 3.8) is 0 Å². The van der Waals surface area contributed by atoms with Crippen molar-refractivity contribution in [1.29, 1.82) is 5.26 Å². The number of esters is 1. The van der Waals surface area contributed by atoms with Crippen molar-refractivity contribution in [3.8, 4) is 11.8 Å². The molecule has 1 heterocycles. The Morgan fingerprint density at radius 2 is 2.11 bits per heavy atom. The number of nitrogens with zero attached hydrogens (tertiary/aromatic N) is 3. The number of hydrogen-bond acceptors (Lipinski definition) is 5. The number of methoxy groups -OCH3 is 1. The molecule has 1 aromatic carbocycles. The average Bonchev–Trinajstić information content (AvgIpc) is 2.76. The maximum absolute atomic E-state index is 11.7. The Labute approximate surface area is 103 Å². The number of rotatable bonds is 2. The van der Waals surface area contributed by atoms with Crippen molar-refractivity contribution in [2.24, 2.45) is 0 Å². The van der Waals surface area contributed by atoms with Crippen LogP contribution >= 0.6 is 0 Å². The molecule has 1 aromatic heterocycles. The van der Waals surface area contributed by atoms with Crippen LogP contribution in [0.4, 0.5) is 5.69 Å². The molecule has 0 radical (unpaired) electrons. The summed E-state index contributed by atoms with van der Waals surface area (Å²) < 4.78 is 5.95. The number of ether oxygens (including phenoxy) is 1. The number of aromatic nitrogens is 2. The fraction of sp³-hybridized carbons (Fsp3) is 0.0833. The topological polar surface area (TPSA) is 93.9 Å². The standard InChI is InChI=1S/C12H10N4O2/c1-18-12(17)11-10(14)9(7-13)15-16(11)8-5-3-2-4-6-8/h2-6H,14H2,1H3. The molecule has 0 fully saturated rings. The molecule has 6 heteroatoms. The first-order chi connectivity index (χ1) is 8.69. The van der Waals surface area contributed by atoms with Crippen molar-refractivity contribution < 1.29 is 9.53 Å². The summed E-state index contributed by atoms with van der Waals surface area (Å²) in [6.45, 7) is 0. The second-order valence-corrected chi connectivity index (χ2v) is 3.46. The van der Waals surface area contributed by atoms with Crippen molar-refractivity contribution in [3.05, 3.63) is 41.7 Å². The molecule has 0 saturated heterocycles. The highest BCUT2D eigenvalue weighted by molar-refractivity contribution is 5.95. The summed E-state index contributed by atoms with van der Waals surface area (Å²) in [6.07, 6.45) is 0. The first-order valence-electron chi connectivity index (χ1n) is 5.11. The summed E-state index contributed by atoms with van der Waals surface area (Å²) in [4.78, 5) is 11.7.